The molecule has 0 saturated heterocycles. The van der Waals surface area contributed by atoms with E-state index in [2.05, 4.69) is 21.4 Å². The molecular weight excluding hydrogens is 293 g/mol. The summed E-state index contributed by atoms with van der Waals surface area (Å²) in [7, 11) is 4.81. The Morgan fingerprint density at radius 1 is 1.35 bits per heavy atom. The minimum absolute atomic E-state index is 0.0133. The fraction of sp³-hybridized carbons (Fsp3) is 0.250. The number of halogens is 2. The van der Waals surface area contributed by atoms with Gasteiger partial charge in [0.1, 0.15) is 0 Å². The highest BCUT2D eigenvalue weighted by Gasteiger charge is 2.12. The maximum atomic E-state index is 10.4. The summed E-state index contributed by atoms with van der Waals surface area (Å²) in [4.78, 5) is 9.97. The van der Waals surface area contributed by atoms with E-state index in [0.717, 1.165) is 0 Å². The van der Waals surface area contributed by atoms with E-state index in [-0.39, 0.29) is 5.69 Å². The van der Waals surface area contributed by atoms with Crippen molar-refractivity contribution >= 4 is 35.3 Å². The molecule has 0 unspecified atom stereocenters. The van der Waals surface area contributed by atoms with Gasteiger partial charge in [-0.15, -0.1) is 0 Å². The minimum atomic E-state index is -3.72. The monoisotopic (exact) mass is 301 g/mol. The molecule has 0 spiro atoms. The molecule has 0 saturated carbocycles. The molecule has 0 atom stereocenters. The molecule has 17 heavy (non-hydrogen) atoms. The fourth-order valence-electron chi connectivity index (χ4n) is 0.886. The predicted molar refractivity (Wildman–Crippen MR) is 64.9 cm³/mol. The van der Waals surface area contributed by atoms with Gasteiger partial charge < -0.3 is 4.74 Å². The lowest BCUT2D eigenvalue weighted by Crippen LogP contribution is -1.96. The van der Waals surface area contributed by atoms with Crippen molar-refractivity contribution in [2.75, 3.05) is 6.61 Å². The van der Waals surface area contributed by atoms with Crippen LogP contribution in [0.15, 0.2) is 24.3 Å². The third-order valence-electron chi connectivity index (χ3n) is 1.36. The van der Waals surface area contributed by atoms with Gasteiger partial charge in [-0.1, -0.05) is 12.1 Å². The zero-order valence-electron chi connectivity index (χ0n) is 8.67. The van der Waals surface area contributed by atoms with Crippen molar-refractivity contribution in [2.45, 2.75) is 6.92 Å². The highest BCUT2D eigenvalue weighted by Crippen LogP contribution is 2.25. The highest BCUT2D eigenvalue weighted by molar-refractivity contribution is 8.31. The van der Waals surface area contributed by atoms with Gasteiger partial charge in [0.05, 0.1) is 11.5 Å². The summed E-state index contributed by atoms with van der Waals surface area (Å²) in [5, 5.41) is 10.4. The van der Waals surface area contributed by atoms with Crippen molar-refractivity contribution in [1.29, 1.82) is 0 Å². The first-order chi connectivity index (χ1) is 7.75. The van der Waals surface area contributed by atoms with Gasteiger partial charge in [-0.05, 0) is 13.0 Å². The average Bonchev–Trinajstić information content (AvgIpc) is 2.16. The molecule has 0 aliphatic heterocycles. The number of hydrogen-bond acceptors (Lipinski definition) is 5. The lowest BCUT2D eigenvalue weighted by Gasteiger charge is -2.01. The van der Waals surface area contributed by atoms with E-state index in [4.69, 9.17) is 13.2 Å². The van der Waals surface area contributed by atoms with E-state index < -0.39 is 13.2 Å². The van der Waals surface area contributed by atoms with Gasteiger partial charge in [-0.2, -0.15) is 8.42 Å². The molecule has 1 rings (SSSR count). The Balaban J connectivity index is 0.000000437. The van der Waals surface area contributed by atoms with E-state index in [1.165, 1.54) is 6.07 Å². The summed E-state index contributed by atoms with van der Waals surface area (Å²) < 4.78 is 23.4. The fourth-order valence-corrected chi connectivity index (χ4v) is 0.886. The number of hydrogen-bond donors (Lipinski definition) is 0. The van der Waals surface area contributed by atoms with Gasteiger partial charge in [-0.25, -0.2) is 0 Å². The smallest absolute Gasteiger partial charge is 0.317 e. The Morgan fingerprint density at radius 3 is 2.24 bits per heavy atom. The number of nitro groups is 1. The van der Waals surface area contributed by atoms with Crippen molar-refractivity contribution in [3.63, 3.8) is 0 Å². The van der Waals surface area contributed by atoms with Crippen LogP contribution < -0.4 is 4.74 Å². The molecule has 9 heteroatoms. The van der Waals surface area contributed by atoms with Crippen LogP contribution in [0, 0.1) is 10.1 Å². The molecule has 0 N–H and O–H groups in total. The van der Waals surface area contributed by atoms with Crippen molar-refractivity contribution in [3.8, 4) is 5.75 Å². The molecule has 0 aliphatic rings. The number of nitro benzene ring substituents is 1. The van der Waals surface area contributed by atoms with Crippen LogP contribution >= 0.6 is 21.4 Å². The Bertz CT molecular complexity index is 469. The second-order valence-corrected chi connectivity index (χ2v) is 6.20. The number of nitrogens with zero attached hydrogens (tertiary/aromatic N) is 1. The Hall–Kier alpha value is -1.05. The minimum Gasteiger partial charge on any atom is -0.487 e. The molecule has 96 valence electrons. The summed E-state index contributed by atoms with van der Waals surface area (Å²) in [5.41, 5.74) is 0.0133. The molecule has 0 aromatic heterocycles. The summed E-state index contributed by atoms with van der Waals surface area (Å²) in [5.74, 6) is 0.324. The van der Waals surface area contributed by atoms with Crippen LogP contribution in [0.2, 0.25) is 0 Å². The van der Waals surface area contributed by atoms with Gasteiger partial charge in [0.25, 0.3) is 0 Å². The third-order valence-corrected chi connectivity index (χ3v) is 1.36. The van der Waals surface area contributed by atoms with Gasteiger partial charge >= 0.3 is 14.0 Å². The second kappa shape index (κ2) is 7.31. The maximum Gasteiger partial charge on any atom is 0.317 e. The highest BCUT2D eigenvalue weighted by atomic mass is 36.0. The summed E-state index contributed by atoms with van der Waals surface area (Å²) in [6.07, 6.45) is 0. The zero-order valence-corrected chi connectivity index (χ0v) is 11.0. The molecule has 0 bridgehead atoms. The standard InChI is InChI=1S/C8H9NO3.Cl2O2S/c1-2-12-8-6-4-3-5-7(8)9(10)11;1-5(2,3)4/h3-6H,2H2,1H3;. The van der Waals surface area contributed by atoms with Gasteiger partial charge in [-0.3, -0.25) is 10.1 Å². The molecule has 1 aromatic rings. The van der Waals surface area contributed by atoms with Crippen LogP contribution in [-0.2, 0) is 8.26 Å². The molecule has 0 fully saturated rings. The van der Waals surface area contributed by atoms with Gasteiger partial charge in [0.15, 0.2) is 5.75 Å². The molecule has 0 radical (unpaired) electrons. The molecular formula is C8H9Cl2NO5S. The number of para-hydroxylation sites is 2. The van der Waals surface area contributed by atoms with Gasteiger partial charge in [0, 0.05) is 27.4 Å². The van der Waals surface area contributed by atoms with Crippen LogP contribution in [0.5, 0.6) is 5.75 Å². The SMILES string of the molecule is CCOc1ccccc1[N+](=O)[O-].O=S(=O)(Cl)Cl. The van der Waals surface area contributed by atoms with E-state index in [1.54, 1.807) is 25.1 Å². The normalized spacial score (nSPS) is 10.1. The first-order valence-electron chi connectivity index (χ1n) is 4.26. The lowest BCUT2D eigenvalue weighted by molar-refractivity contribution is -0.385. The van der Waals surface area contributed by atoms with Crippen LogP contribution in [0.4, 0.5) is 5.69 Å². The van der Waals surface area contributed by atoms with Gasteiger partial charge in [0.2, 0.25) is 0 Å². The van der Waals surface area contributed by atoms with E-state index in [1.807, 2.05) is 0 Å². The molecule has 6 nitrogen and oxygen atoms in total. The Kier molecular flexibility index (Phi) is 6.86. The van der Waals surface area contributed by atoms with Crippen LogP contribution in [0.3, 0.4) is 0 Å². The maximum absolute atomic E-state index is 10.4. The molecule has 0 amide bonds. The summed E-state index contributed by atoms with van der Waals surface area (Å²) >= 11 is 0. The Labute approximate surface area is 107 Å². The zero-order chi connectivity index (χ0) is 13.5. The Morgan fingerprint density at radius 2 is 1.82 bits per heavy atom. The largest absolute Gasteiger partial charge is 0.487 e. The number of benzene rings is 1. The molecule has 1 aromatic carbocycles. The van der Waals surface area contributed by atoms with E-state index >= 15 is 0 Å². The van der Waals surface area contributed by atoms with Crippen molar-refractivity contribution in [1.82, 2.24) is 0 Å². The van der Waals surface area contributed by atoms with Crippen molar-refractivity contribution in [2.24, 2.45) is 0 Å². The first kappa shape index (κ1) is 16.0. The van der Waals surface area contributed by atoms with Crippen LogP contribution in [0.1, 0.15) is 6.92 Å². The van der Waals surface area contributed by atoms with Crippen molar-refractivity contribution < 1.29 is 18.1 Å². The first-order valence-corrected chi connectivity index (χ1v) is 7.39. The van der Waals surface area contributed by atoms with E-state index in [0.29, 0.717) is 12.4 Å². The molecule has 0 heterocycles. The summed E-state index contributed by atoms with van der Waals surface area (Å²) in [6, 6.07) is 6.32. The number of rotatable bonds is 3. The topological polar surface area (TPSA) is 86.5 Å². The van der Waals surface area contributed by atoms with Crippen LogP contribution in [-0.4, -0.2) is 19.9 Å². The quantitative estimate of drug-likeness (QED) is 0.486. The van der Waals surface area contributed by atoms with E-state index in [9.17, 15) is 10.1 Å². The summed E-state index contributed by atoms with van der Waals surface area (Å²) in [6.45, 7) is 2.22. The lowest BCUT2D eigenvalue weighted by atomic mass is 10.3. The third kappa shape index (κ3) is 8.73. The van der Waals surface area contributed by atoms with Crippen molar-refractivity contribution in [3.05, 3.63) is 34.4 Å². The number of ether oxygens (including phenoxy) is 1. The second-order valence-electron chi connectivity index (χ2n) is 2.54. The van der Waals surface area contributed by atoms with Crippen LogP contribution in [0.25, 0.3) is 0 Å². The average molecular weight is 302 g/mol. The molecule has 0 aliphatic carbocycles. The predicted octanol–water partition coefficient (Wildman–Crippen LogP) is 2.70.